The Morgan fingerprint density at radius 1 is 0.864 bits per heavy atom. The molecule has 2 nitrogen and oxygen atoms in total. The van der Waals surface area contributed by atoms with Gasteiger partial charge in [-0.05, 0) is 52.3 Å². The summed E-state index contributed by atoms with van der Waals surface area (Å²) >= 11 is 0. The molecule has 2 N–H and O–H groups in total. The van der Waals surface area contributed by atoms with Crippen molar-refractivity contribution >= 4 is 16.7 Å². The van der Waals surface area contributed by atoms with Gasteiger partial charge in [-0.15, -0.1) is 0 Å². The van der Waals surface area contributed by atoms with Gasteiger partial charge in [0.2, 0.25) is 5.91 Å². The zero-order valence-corrected chi connectivity index (χ0v) is 12.3. The topological polar surface area (TPSA) is 43.1 Å². The number of hydrogen-bond acceptors (Lipinski definition) is 1. The molecule has 1 amide bonds. The molecule has 0 atom stereocenters. The second kappa shape index (κ2) is 4.99. The van der Waals surface area contributed by atoms with Crippen molar-refractivity contribution in [2.45, 2.75) is 18.8 Å². The van der Waals surface area contributed by atoms with Crippen molar-refractivity contribution in [2.75, 3.05) is 0 Å². The van der Waals surface area contributed by atoms with E-state index in [1.165, 1.54) is 16.3 Å². The smallest absolute Gasteiger partial charge is 0.249 e. The summed E-state index contributed by atoms with van der Waals surface area (Å²) in [5.74, 6) is 0.140. The quantitative estimate of drug-likeness (QED) is 0.758. The normalized spacial score (nSPS) is 14.2. The summed E-state index contributed by atoms with van der Waals surface area (Å²) in [7, 11) is 0. The number of primary amides is 1. The molecule has 1 saturated carbocycles. The number of fused-ring (bicyclic) bond motifs is 1. The third-order valence-corrected chi connectivity index (χ3v) is 4.44. The van der Waals surface area contributed by atoms with Crippen LogP contribution in [0.25, 0.3) is 21.9 Å². The molecule has 3 aromatic carbocycles. The van der Waals surface area contributed by atoms with Gasteiger partial charge < -0.3 is 5.73 Å². The largest absolute Gasteiger partial charge is 0.366 e. The SMILES string of the molecule is NC(=O)c1cccc(-c2cccc3ccccc23)c1C1CC1. The number of benzene rings is 3. The molecule has 0 aromatic heterocycles. The van der Waals surface area contributed by atoms with E-state index >= 15 is 0 Å². The standard InChI is InChI=1S/C20H17NO/c21-20(22)18-10-4-9-17(19(18)14-11-12-14)16-8-3-6-13-5-1-2-7-15(13)16/h1-10,14H,11-12H2,(H2,21,22). The first-order valence-electron chi connectivity index (χ1n) is 7.66. The van der Waals surface area contributed by atoms with Crippen LogP contribution >= 0.6 is 0 Å². The van der Waals surface area contributed by atoms with E-state index in [0.29, 0.717) is 11.5 Å². The Bertz CT molecular complexity index is 873. The van der Waals surface area contributed by atoms with Gasteiger partial charge in [-0.1, -0.05) is 54.6 Å². The van der Waals surface area contributed by atoms with Crippen LogP contribution < -0.4 is 5.73 Å². The van der Waals surface area contributed by atoms with E-state index in [0.717, 1.165) is 24.0 Å². The fourth-order valence-electron chi connectivity index (χ4n) is 3.29. The van der Waals surface area contributed by atoms with Crippen LogP contribution in [0.3, 0.4) is 0 Å². The number of carbonyl (C=O) groups excluding carboxylic acids is 1. The molecule has 1 aliphatic carbocycles. The van der Waals surface area contributed by atoms with Crippen LogP contribution in [0.5, 0.6) is 0 Å². The van der Waals surface area contributed by atoms with Gasteiger partial charge in [0.1, 0.15) is 0 Å². The molecule has 3 aromatic rings. The van der Waals surface area contributed by atoms with Crippen molar-refractivity contribution in [3.63, 3.8) is 0 Å². The number of amides is 1. The van der Waals surface area contributed by atoms with Crippen LogP contribution in [0.4, 0.5) is 0 Å². The Morgan fingerprint density at radius 3 is 2.32 bits per heavy atom. The number of hydrogen-bond donors (Lipinski definition) is 1. The first kappa shape index (κ1) is 13.1. The highest BCUT2D eigenvalue weighted by atomic mass is 16.1. The lowest BCUT2D eigenvalue weighted by Crippen LogP contribution is -2.14. The molecule has 22 heavy (non-hydrogen) atoms. The van der Waals surface area contributed by atoms with Crippen molar-refractivity contribution < 1.29 is 4.79 Å². The first-order valence-corrected chi connectivity index (χ1v) is 7.66. The molecule has 0 spiro atoms. The van der Waals surface area contributed by atoms with Gasteiger partial charge in [0.15, 0.2) is 0 Å². The fourth-order valence-corrected chi connectivity index (χ4v) is 3.29. The second-order valence-electron chi connectivity index (χ2n) is 5.93. The molecule has 0 aliphatic heterocycles. The van der Waals surface area contributed by atoms with E-state index in [9.17, 15) is 4.79 Å². The van der Waals surface area contributed by atoms with Gasteiger partial charge in [-0.25, -0.2) is 0 Å². The Balaban J connectivity index is 2.03. The Kier molecular flexibility index (Phi) is 2.97. The van der Waals surface area contributed by atoms with Crippen LogP contribution in [-0.2, 0) is 0 Å². The molecule has 0 heterocycles. The number of nitrogens with two attached hydrogens (primary N) is 1. The van der Waals surface area contributed by atoms with Gasteiger partial charge in [0.25, 0.3) is 0 Å². The summed E-state index contributed by atoms with van der Waals surface area (Å²) in [6.07, 6.45) is 2.28. The van der Waals surface area contributed by atoms with E-state index in [-0.39, 0.29) is 5.91 Å². The maximum Gasteiger partial charge on any atom is 0.249 e. The van der Waals surface area contributed by atoms with Gasteiger partial charge >= 0.3 is 0 Å². The first-order chi connectivity index (χ1) is 10.8. The van der Waals surface area contributed by atoms with E-state index < -0.39 is 0 Å². The average molecular weight is 287 g/mol. The molecule has 108 valence electrons. The summed E-state index contributed by atoms with van der Waals surface area (Å²) in [6, 6.07) is 20.6. The summed E-state index contributed by atoms with van der Waals surface area (Å²) in [5.41, 5.74) is 9.74. The predicted molar refractivity (Wildman–Crippen MR) is 89.9 cm³/mol. The Hall–Kier alpha value is -2.61. The average Bonchev–Trinajstić information content (AvgIpc) is 3.38. The Morgan fingerprint density at radius 2 is 1.55 bits per heavy atom. The molecular formula is C20H17NO. The predicted octanol–water partition coefficient (Wildman–Crippen LogP) is 4.48. The van der Waals surface area contributed by atoms with Crippen molar-refractivity contribution in [1.82, 2.24) is 0 Å². The van der Waals surface area contributed by atoms with Gasteiger partial charge in [0.05, 0.1) is 0 Å². The molecule has 0 radical (unpaired) electrons. The summed E-state index contributed by atoms with van der Waals surface area (Å²) in [4.78, 5) is 11.8. The molecule has 2 heteroatoms. The maximum absolute atomic E-state index is 11.8. The third kappa shape index (κ3) is 2.08. The van der Waals surface area contributed by atoms with E-state index in [4.69, 9.17) is 5.73 Å². The lowest BCUT2D eigenvalue weighted by Gasteiger charge is -2.14. The molecule has 0 unspecified atom stereocenters. The van der Waals surface area contributed by atoms with Crippen molar-refractivity contribution in [3.8, 4) is 11.1 Å². The highest BCUT2D eigenvalue weighted by molar-refractivity contribution is 6.01. The lowest BCUT2D eigenvalue weighted by atomic mass is 9.89. The zero-order valence-electron chi connectivity index (χ0n) is 12.3. The van der Waals surface area contributed by atoms with E-state index in [1.807, 2.05) is 18.2 Å². The van der Waals surface area contributed by atoms with E-state index in [1.54, 1.807) is 0 Å². The number of carbonyl (C=O) groups is 1. The highest BCUT2D eigenvalue weighted by Gasteiger charge is 2.30. The third-order valence-electron chi connectivity index (χ3n) is 4.44. The van der Waals surface area contributed by atoms with Crippen LogP contribution in [-0.4, -0.2) is 5.91 Å². The molecule has 1 fully saturated rings. The highest BCUT2D eigenvalue weighted by Crippen LogP contribution is 2.47. The molecule has 1 aliphatic rings. The van der Waals surface area contributed by atoms with Gasteiger partial charge in [-0.2, -0.15) is 0 Å². The molecule has 0 bridgehead atoms. The minimum absolute atomic E-state index is 0.330. The van der Waals surface area contributed by atoms with Crippen molar-refractivity contribution in [1.29, 1.82) is 0 Å². The van der Waals surface area contributed by atoms with Crippen molar-refractivity contribution in [2.24, 2.45) is 5.73 Å². The van der Waals surface area contributed by atoms with Crippen LogP contribution in [0, 0.1) is 0 Å². The van der Waals surface area contributed by atoms with Gasteiger partial charge in [-0.3, -0.25) is 4.79 Å². The summed E-state index contributed by atoms with van der Waals surface area (Å²) < 4.78 is 0. The van der Waals surface area contributed by atoms with Crippen LogP contribution in [0.15, 0.2) is 60.7 Å². The lowest BCUT2D eigenvalue weighted by molar-refractivity contribution is 0.0999. The summed E-state index contributed by atoms with van der Waals surface area (Å²) in [5, 5.41) is 2.43. The van der Waals surface area contributed by atoms with E-state index in [2.05, 4.69) is 42.5 Å². The van der Waals surface area contributed by atoms with Crippen molar-refractivity contribution in [3.05, 3.63) is 71.8 Å². The maximum atomic E-state index is 11.8. The molecular weight excluding hydrogens is 270 g/mol. The minimum atomic E-state index is -0.330. The monoisotopic (exact) mass is 287 g/mol. The second-order valence-corrected chi connectivity index (χ2v) is 5.93. The van der Waals surface area contributed by atoms with Crippen LogP contribution in [0.2, 0.25) is 0 Å². The summed E-state index contributed by atoms with van der Waals surface area (Å²) in [6.45, 7) is 0. The molecule has 4 rings (SSSR count). The van der Waals surface area contributed by atoms with Crippen LogP contribution in [0.1, 0.15) is 34.7 Å². The number of rotatable bonds is 3. The van der Waals surface area contributed by atoms with Gasteiger partial charge in [0, 0.05) is 5.56 Å². The molecule has 0 saturated heterocycles. The minimum Gasteiger partial charge on any atom is -0.366 e. The fraction of sp³-hybridized carbons (Fsp3) is 0.150. The Labute approximate surface area is 129 Å². The zero-order chi connectivity index (χ0) is 15.1.